The Hall–Kier alpha value is -2.50. The zero-order valence-electron chi connectivity index (χ0n) is 9.50. The second kappa shape index (κ2) is 4.40. The van der Waals surface area contributed by atoms with Crippen molar-refractivity contribution in [3.05, 3.63) is 56.7 Å². The summed E-state index contributed by atoms with van der Waals surface area (Å²) in [5.74, 6) is -0.698. The number of allylic oxidation sites excluding steroid dienone is 1. The van der Waals surface area contributed by atoms with Crippen LogP contribution in [0.3, 0.4) is 0 Å². The van der Waals surface area contributed by atoms with E-state index in [0.29, 0.717) is 5.56 Å². The number of rotatable bonds is 3. The average Bonchev–Trinajstić information content (AvgIpc) is 2.36. The molecule has 1 aromatic rings. The first-order valence-electron chi connectivity index (χ1n) is 5.18. The quantitative estimate of drug-likeness (QED) is 0.598. The normalized spacial score (nSPS) is 14.5. The van der Waals surface area contributed by atoms with Gasteiger partial charge in [-0.3, -0.25) is 9.59 Å². The highest BCUT2D eigenvalue weighted by Crippen LogP contribution is 2.26. The number of nitrogens with zero attached hydrogens (tertiary/aromatic N) is 1. The minimum atomic E-state index is -0.988. The first-order chi connectivity index (χ1) is 8.52. The summed E-state index contributed by atoms with van der Waals surface area (Å²) in [7, 11) is 0. The fourth-order valence-corrected chi connectivity index (χ4v) is 1.84. The van der Waals surface area contributed by atoms with E-state index in [1.54, 1.807) is 18.2 Å². The van der Waals surface area contributed by atoms with Crippen LogP contribution in [-0.2, 0) is 4.84 Å². The van der Waals surface area contributed by atoms with Crippen molar-refractivity contribution in [2.75, 3.05) is 6.61 Å². The van der Waals surface area contributed by atoms with Gasteiger partial charge in [-0.25, -0.2) is 0 Å². The fraction of sp³-hybridized carbons (Fsp3) is 0.167. The van der Waals surface area contributed by atoms with Crippen molar-refractivity contribution in [1.29, 1.82) is 0 Å². The molecular weight excluding hydrogens is 238 g/mol. The number of ketones is 2. The molecule has 0 aliphatic heterocycles. The number of benzene rings is 1. The van der Waals surface area contributed by atoms with Crippen LogP contribution >= 0.6 is 0 Å². The smallest absolute Gasteiger partial charge is 0.294 e. The van der Waals surface area contributed by atoms with Gasteiger partial charge in [0, 0.05) is 22.3 Å². The molecule has 0 saturated carbocycles. The van der Waals surface area contributed by atoms with E-state index < -0.39 is 17.5 Å². The molecule has 0 N–H and O–H groups in total. The highest BCUT2D eigenvalue weighted by molar-refractivity contribution is 6.26. The maximum Gasteiger partial charge on any atom is 0.294 e. The molecular formula is C12H9NO5. The molecule has 0 atom stereocenters. The standard InChI is InChI=1S/C12H9NO5/c1-7-10(6-18-13(16)17)12(15)9-5-3-2-4-8(9)11(7)14/h2-5H,6H2,1H3. The van der Waals surface area contributed by atoms with Crippen LogP contribution in [0.5, 0.6) is 0 Å². The Morgan fingerprint density at radius 1 is 1.17 bits per heavy atom. The van der Waals surface area contributed by atoms with Crippen LogP contribution in [0.15, 0.2) is 35.4 Å². The molecule has 2 rings (SSSR count). The lowest BCUT2D eigenvalue weighted by atomic mass is 9.85. The van der Waals surface area contributed by atoms with Crippen LogP contribution in [0.25, 0.3) is 0 Å². The van der Waals surface area contributed by atoms with Gasteiger partial charge in [-0.1, -0.05) is 24.3 Å². The summed E-state index contributed by atoms with van der Waals surface area (Å²) >= 11 is 0. The Kier molecular flexibility index (Phi) is 2.93. The largest absolute Gasteiger partial charge is 0.309 e. The highest BCUT2D eigenvalue weighted by Gasteiger charge is 2.29. The van der Waals surface area contributed by atoms with E-state index in [9.17, 15) is 19.7 Å². The van der Waals surface area contributed by atoms with Gasteiger partial charge in [0.1, 0.15) is 6.61 Å². The number of fused-ring (bicyclic) bond motifs is 1. The topological polar surface area (TPSA) is 86.5 Å². The summed E-state index contributed by atoms with van der Waals surface area (Å²) in [6.45, 7) is 0.965. The maximum atomic E-state index is 12.1. The molecule has 6 heteroatoms. The van der Waals surface area contributed by atoms with Crippen molar-refractivity contribution in [2.24, 2.45) is 0 Å². The Morgan fingerprint density at radius 3 is 2.28 bits per heavy atom. The predicted octanol–water partition coefficient (Wildman–Crippen LogP) is 1.59. The number of carbonyl (C=O) groups excluding carboxylic acids is 2. The van der Waals surface area contributed by atoms with Crippen LogP contribution in [-0.4, -0.2) is 23.3 Å². The Balaban J connectivity index is 2.43. The van der Waals surface area contributed by atoms with Crippen molar-refractivity contribution in [2.45, 2.75) is 6.92 Å². The third-order valence-electron chi connectivity index (χ3n) is 2.80. The first-order valence-corrected chi connectivity index (χ1v) is 5.18. The molecule has 6 nitrogen and oxygen atoms in total. The number of Topliss-reactive ketones (excluding diaryl/α,β-unsaturated/α-hetero) is 2. The number of hydrogen-bond donors (Lipinski definition) is 0. The molecule has 0 amide bonds. The van der Waals surface area contributed by atoms with Gasteiger partial charge in [-0.2, -0.15) is 0 Å². The van der Waals surface area contributed by atoms with Crippen LogP contribution in [0.2, 0.25) is 0 Å². The van der Waals surface area contributed by atoms with Crippen molar-refractivity contribution >= 4 is 11.6 Å². The van der Waals surface area contributed by atoms with E-state index in [0.717, 1.165) is 0 Å². The second-order valence-corrected chi connectivity index (χ2v) is 3.80. The Morgan fingerprint density at radius 2 is 1.72 bits per heavy atom. The van der Waals surface area contributed by atoms with E-state index in [1.807, 2.05) is 0 Å². The molecule has 1 aliphatic carbocycles. The van der Waals surface area contributed by atoms with Crippen molar-refractivity contribution in [3.63, 3.8) is 0 Å². The van der Waals surface area contributed by atoms with Crippen LogP contribution in [0, 0.1) is 10.1 Å². The van der Waals surface area contributed by atoms with Crippen molar-refractivity contribution in [3.8, 4) is 0 Å². The molecule has 0 saturated heterocycles. The monoisotopic (exact) mass is 247 g/mol. The third-order valence-corrected chi connectivity index (χ3v) is 2.80. The van der Waals surface area contributed by atoms with Crippen molar-refractivity contribution < 1.29 is 19.5 Å². The summed E-state index contributed by atoms with van der Waals surface area (Å²) in [6.07, 6.45) is 0. The molecule has 0 heterocycles. The minimum absolute atomic E-state index is 0.0374. The zero-order chi connectivity index (χ0) is 13.3. The van der Waals surface area contributed by atoms with Crippen molar-refractivity contribution in [1.82, 2.24) is 0 Å². The van der Waals surface area contributed by atoms with Gasteiger partial charge in [-0.05, 0) is 6.92 Å². The molecule has 18 heavy (non-hydrogen) atoms. The fourth-order valence-electron chi connectivity index (χ4n) is 1.84. The second-order valence-electron chi connectivity index (χ2n) is 3.80. The number of hydrogen-bond acceptors (Lipinski definition) is 5. The van der Waals surface area contributed by atoms with Crippen LogP contribution in [0.1, 0.15) is 27.6 Å². The summed E-state index contributed by atoms with van der Waals surface area (Å²) in [4.78, 5) is 38.4. The highest BCUT2D eigenvalue weighted by atomic mass is 16.9. The molecule has 92 valence electrons. The van der Waals surface area contributed by atoms with Gasteiger partial charge in [-0.15, -0.1) is 10.1 Å². The SMILES string of the molecule is CC1=C(CO[N+](=O)[O-])C(=O)c2ccccc2C1=O. The summed E-state index contributed by atoms with van der Waals surface area (Å²) in [5, 5.41) is 9.16. The molecule has 0 aromatic heterocycles. The van der Waals surface area contributed by atoms with E-state index in [1.165, 1.54) is 13.0 Å². The Labute approximate surface area is 102 Å². The van der Waals surface area contributed by atoms with E-state index >= 15 is 0 Å². The predicted molar refractivity (Wildman–Crippen MR) is 60.7 cm³/mol. The van der Waals surface area contributed by atoms with Gasteiger partial charge in [0.2, 0.25) is 0 Å². The lowest BCUT2D eigenvalue weighted by Gasteiger charge is -2.17. The number of carbonyl (C=O) groups is 2. The van der Waals surface area contributed by atoms with Crippen LogP contribution < -0.4 is 0 Å². The van der Waals surface area contributed by atoms with E-state index in [-0.39, 0.29) is 22.5 Å². The van der Waals surface area contributed by atoms with Gasteiger partial charge in [0.15, 0.2) is 11.6 Å². The van der Waals surface area contributed by atoms with Gasteiger partial charge >= 0.3 is 0 Å². The minimum Gasteiger partial charge on any atom is -0.309 e. The first kappa shape index (κ1) is 12.0. The Bertz CT molecular complexity index is 588. The lowest BCUT2D eigenvalue weighted by molar-refractivity contribution is -0.755. The van der Waals surface area contributed by atoms with Crippen LogP contribution in [0.4, 0.5) is 0 Å². The van der Waals surface area contributed by atoms with Gasteiger partial charge in [0.25, 0.3) is 5.09 Å². The molecule has 0 spiro atoms. The summed E-state index contributed by atoms with van der Waals surface area (Å²) in [5.41, 5.74) is 0.816. The molecule has 0 radical (unpaired) electrons. The van der Waals surface area contributed by atoms with Gasteiger partial charge in [0.05, 0.1) is 0 Å². The lowest BCUT2D eigenvalue weighted by Crippen LogP contribution is -2.24. The summed E-state index contributed by atoms with van der Waals surface area (Å²) in [6, 6.07) is 6.38. The van der Waals surface area contributed by atoms with E-state index in [4.69, 9.17) is 0 Å². The molecule has 1 aliphatic rings. The molecule has 0 bridgehead atoms. The zero-order valence-corrected chi connectivity index (χ0v) is 9.50. The molecule has 1 aromatic carbocycles. The maximum absolute atomic E-state index is 12.1. The van der Waals surface area contributed by atoms with Gasteiger partial charge < -0.3 is 4.84 Å². The average molecular weight is 247 g/mol. The molecule has 0 unspecified atom stereocenters. The third kappa shape index (κ3) is 1.88. The summed E-state index contributed by atoms with van der Waals surface area (Å²) < 4.78 is 0. The molecule has 0 fully saturated rings. The van der Waals surface area contributed by atoms with E-state index in [2.05, 4.69) is 4.84 Å².